The zero-order valence-corrected chi connectivity index (χ0v) is 11.7. The molecule has 100 valence electrons. The van der Waals surface area contributed by atoms with Crippen LogP contribution in [0.25, 0.3) is 0 Å². The fraction of sp³-hybridized carbons (Fsp3) is 0.267. The monoisotopic (exact) mass is 277 g/mol. The third-order valence-corrected chi connectivity index (χ3v) is 2.91. The molecule has 1 aromatic carbocycles. The molecular weight excluding hydrogens is 262 g/mol. The van der Waals surface area contributed by atoms with Gasteiger partial charge in [-0.3, -0.25) is 0 Å². The molecule has 0 amide bonds. The lowest BCUT2D eigenvalue weighted by atomic mass is 10.1. The number of rotatable bonds is 4. The van der Waals surface area contributed by atoms with Crippen LogP contribution in [-0.4, -0.2) is 10.1 Å². The summed E-state index contributed by atoms with van der Waals surface area (Å²) in [5, 5.41) is 9.89. The molecule has 1 heterocycles. The molecular formula is C15H16ClNO2. The highest BCUT2D eigenvalue weighted by molar-refractivity contribution is 6.30. The number of aromatic nitrogens is 1. The predicted molar refractivity (Wildman–Crippen MR) is 75.8 cm³/mol. The first-order valence-electron chi connectivity index (χ1n) is 6.13. The van der Waals surface area contributed by atoms with Gasteiger partial charge in [0, 0.05) is 16.8 Å². The number of benzene rings is 1. The van der Waals surface area contributed by atoms with Crippen LogP contribution in [0.5, 0.6) is 11.6 Å². The summed E-state index contributed by atoms with van der Waals surface area (Å²) in [6.07, 6.45) is 0. The summed E-state index contributed by atoms with van der Waals surface area (Å²) in [5.41, 5.74) is 1.68. The third-order valence-electron chi connectivity index (χ3n) is 2.67. The maximum Gasteiger partial charge on any atom is 0.219 e. The van der Waals surface area contributed by atoms with Crippen LogP contribution in [0, 0.1) is 0 Å². The normalized spacial score (nSPS) is 10.8. The van der Waals surface area contributed by atoms with E-state index in [1.54, 1.807) is 18.2 Å². The third kappa shape index (κ3) is 3.69. The Labute approximate surface area is 117 Å². The maximum atomic E-state index is 9.27. The second kappa shape index (κ2) is 6.04. The summed E-state index contributed by atoms with van der Waals surface area (Å²) in [6, 6.07) is 10.8. The first-order chi connectivity index (χ1) is 9.08. The van der Waals surface area contributed by atoms with Crippen LogP contribution in [0.15, 0.2) is 36.4 Å². The van der Waals surface area contributed by atoms with Crippen LogP contribution in [-0.2, 0) is 6.61 Å². The Hall–Kier alpha value is -1.58. The van der Waals surface area contributed by atoms with Gasteiger partial charge in [-0.05, 0) is 35.7 Å². The molecule has 1 N–H and O–H groups in total. The molecule has 0 bridgehead atoms. The summed E-state index contributed by atoms with van der Waals surface area (Å²) >= 11 is 5.91. The van der Waals surface area contributed by atoms with Gasteiger partial charge in [0.1, 0.15) is 5.75 Å². The van der Waals surface area contributed by atoms with Gasteiger partial charge in [0.05, 0.1) is 6.61 Å². The van der Waals surface area contributed by atoms with E-state index in [-0.39, 0.29) is 12.5 Å². The number of halogens is 1. The van der Waals surface area contributed by atoms with Crippen LogP contribution in [0.1, 0.15) is 31.0 Å². The van der Waals surface area contributed by atoms with E-state index in [2.05, 4.69) is 4.98 Å². The molecule has 0 saturated carbocycles. The molecule has 0 fully saturated rings. The molecule has 1 aromatic heterocycles. The van der Waals surface area contributed by atoms with Crippen molar-refractivity contribution in [2.75, 3.05) is 0 Å². The second-order valence-corrected chi connectivity index (χ2v) is 5.05. The number of aliphatic hydroxyl groups excluding tert-OH is 1. The molecule has 0 saturated heterocycles. The molecule has 2 rings (SSSR count). The number of nitrogens with zero attached hydrogens (tertiary/aromatic N) is 1. The molecule has 0 spiro atoms. The van der Waals surface area contributed by atoms with Gasteiger partial charge in [-0.15, -0.1) is 0 Å². The summed E-state index contributed by atoms with van der Waals surface area (Å²) in [5.74, 6) is 1.37. The number of hydrogen-bond acceptors (Lipinski definition) is 3. The minimum atomic E-state index is -0.0336. The largest absolute Gasteiger partial charge is 0.439 e. The van der Waals surface area contributed by atoms with Gasteiger partial charge < -0.3 is 9.84 Å². The van der Waals surface area contributed by atoms with Gasteiger partial charge in [0.2, 0.25) is 5.88 Å². The number of pyridine rings is 1. The second-order valence-electron chi connectivity index (χ2n) is 4.61. The minimum Gasteiger partial charge on any atom is -0.439 e. The van der Waals surface area contributed by atoms with Crippen LogP contribution in [0.4, 0.5) is 0 Å². The Morgan fingerprint density at radius 3 is 2.68 bits per heavy atom. The first-order valence-corrected chi connectivity index (χ1v) is 6.51. The maximum absolute atomic E-state index is 9.27. The van der Waals surface area contributed by atoms with E-state index in [1.807, 2.05) is 32.0 Å². The highest BCUT2D eigenvalue weighted by Crippen LogP contribution is 2.25. The van der Waals surface area contributed by atoms with Crippen molar-refractivity contribution in [2.45, 2.75) is 26.4 Å². The average molecular weight is 278 g/mol. The van der Waals surface area contributed by atoms with Gasteiger partial charge >= 0.3 is 0 Å². The zero-order valence-electron chi connectivity index (χ0n) is 10.9. The Bertz CT molecular complexity index is 570. The molecule has 0 aliphatic rings. The van der Waals surface area contributed by atoms with Crippen molar-refractivity contribution >= 4 is 11.6 Å². The van der Waals surface area contributed by atoms with Crippen LogP contribution >= 0.6 is 11.6 Å². The van der Waals surface area contributed by atoms with E-state index in [0.717, 1.165) is 11.3 Å². The van der Waals surface area contributed by atoms with E-state index < -0.39 is 0 Å². The van der Waals surface area contributed by atoms with Crippen molar-refractivity contribution in [3.05, 3.63) is 52.7 Å². The molecule has 0 unspecified atom stereocenters. The topological polar surface area (TPSA) is 42.4 Å². The Kier molecular flexibility index (Phi) is 4.40. The van der Waals surface area contributed by atoms with Gasteiger partial charge in [-0.1, -0.05) is 31.5 Å². The SMILES string of the molecule is CC(C)c1cc(CO)cc(Oc2cccc(Cl)c2)n1. The predicted octanol–water partition coefficient (Wildman–Crippen LogP) is 4.14. The number of hydrogen-bond donors (Lipinski definition) is 1. The molecule has 0 radical (unpaired) electrons. The van der Waals surface area contributed by atoms with E-state index >= 15 is 0 Å². The summed E-state index contributed by atoms with van der Waals surface area (Å²) < 4.78 is 5.69. The minimum absolute atomic E-state index is 0.0336. The molecule has 3 nitrogen and oxygen atoms in total. The summed E-state index contributed by atoms with van der Waals surface area (Å²) in [7, 11) is 0. The smallest absolute Gasteiger partial charge is 0.219 e. The molecule has 0 aliphatic carbocycles. The van der Waals surface area contributed by atoms with Crippen LogP contribution in [0.2, 0.25) is 5.02 Å². The Balaban J connectivity index is 2.31. The van der Waals surface area contributed by atoms with E-state index in [0.29, 0.717) is 16.7 Å². The summed E-state index contributed by atoms with van der Waals surface area (Å²) in [4.78, 5) is 4.43. The first kappa shape index (κ1) is 13.8. The lowest BCUT2D eigenvalue weighted by molar-refractivity contribution is 0.280. The molecule has 4 heteroatoms. The Morgan fingerprint density at radius 1 is 1.26 bits per heavy atom. The van der Waals surface area contributed by atoms with Crippen molar-refractivity contribution < 1.29 is 9.84 Å². The quantitative estimate of drug-likeness (QED) is 0.913. The zero-order chi connectivity index (χ0) is 13.8. The standard InChI is InChI=1S/C15H16ClNO2/c1-10(2)14-6-11(9-18)7-15(17-14)19-13-5-3-4-12(16)8-13/h3-8,10,18H,9H2,1-2H3. The van der Waals surface area contributed by atoms with Crippen molar-refractivity contribution in [1.82, 2.24) is 4.98 Å². The highest BCUT2D eigenvalue weighted by atomic mass is 35.5. The van der Waals surface area contributed by atoms with Crippen molar-refractivity contribution in [3.8, 4) is 11.6 Å². The fourth-order valence-electron chi connectivity index (χ4n) is 1.67. The van der Waals surface area contributed by atoms with Crippen molar-refractivity contribution in [2.24, 2.45) is 0 Å². The lowest BCUT2D eigenvalue weighted by Crippen LogP contribution is -1.98. The molecule has 19 heavy (non-hydrogen) atoms. The lowest BCUT2D eigenvalue weighted by Gasteiger charge is -2.11. The molecule has 0 atom stereocenters. The van der Waals surface area contributed by atoms with Crippen molar-refractivity contribution in [1.29, 1.82) is 0 Å². The Morgan fingerprint density at radius 2 is 2.05 bits per heavy atom. The van der Waals surface area contributed by atoms with Crippen LogP contribution in [0.3, 0.4) is 0 Å². The highest BCUT2D eigenvalue weighted by Gasteiger charge is 2.08. The van der Waals surface area contributed by atoms with Crippen LogP contribution < -0.4 is 4.74 Å². The van der Waals surface area contributed by atoms with Gasteiger partial charge in [-0.2, -0.15) is 0 Å². The average Bonchev–Trinajstić information content (AvgIpc) is 2.38. The summed E-state index contributed by atoms with van der Waals surface area (Å²) in [6.45, 7) is 4.06. The fourth-order valence-corrected chi connectivity index (χ4v) is 1.85. The van der Waals surface area contributed by atoms with Gasteiger partial charge in [-0.25, -0.2) is 4.98 Å². The van der Waals surface area contributed by atoms with E-state index in [1.165, 1.54) is 0 Å². The van der Waals surface area contributed by atoms with Gasteiger partial charge in [0.15, 0.2) is 0 Å². The van der Waals surface area contributed by atoms with Crippen molar-refractivity contribution in [3.63, 3.8) is 0 Å². The molecule has 2 aromatic rings. The molecule has 0 aliphatic heterocycles. The van der Waals surface area contributed by atoms with Gasteiger partial charge in [0.25, 0.3) is 0 Å². The number of aliphatic hydroxyl groups is 1. The number of ether oxygens (including phenoxy) is 1. The van der Waals surface area contributed by atoms with E-state index in [4.69, 9.17) is 16.3 Å². The van der Waals surface area contributed by atoms with E-state index in [9.17, 15) is 5.11 Å².